The quantitative estimate of drug-likeness (QED) is 0.446. The van der Waals surface area contributed by atoms with E-state index in [2.05, 4.69) is 29.3 Å². The molecule has 2 aromatic rings. The van der Waals surface area contributed by atoms with Crippen LogP contribution in [0.3, 0.4) is 0 Å². The molecule has 0 fully saturated rings. The number of azo groups is 1. The minimum Gasteiger partial charge on any atom is -0.482 e. The monoisotopic (exact) mass is 340 g/mol. The highest BCUT2D eigenvalue weighted by Gasteiger charge is 1.99. The van der Waals surface area contributed by atoms with Crippen LogP contribution in [0.2, 0.25) is 0 Å². The molecule has 0 spiro atoms. The number of nitrogens with zero attached hydrogens (tertiary/aromatic N) is 2. The van der Waals surface area contributed by atoms with Crippen molar-refractivity contribution in [2.24, 2.45) is 10.2 Å². The average Bonchev–Trinajstić information content (AvgIpc) is 2.63. The highest BCUT2D eigenvalue weighted by Crippen LogP contribution is 2.22. The van der Waals surface area contributed by atoms with Gasteiger partial charge < -0.3 is 9.84 Å². The average molecular weight is 340 g/mol. The fourth-order valence-electron chi connectivity index (χ4n) is 2.35. The minimum atomic E-state index is -1.00. The van der Waals surface area contributed by atoms with Crippen LogP contribution < -0.4 is 4.74 Å². The highest BCUT2D eigenvalue weighted by molar-refractivity contribution is 5.68. The third-order valence-electron chi connectivity index (χ3n) is 3.74. The molecule has 25 heavy (non-hydrogen) atoms. The zero-order valence-corrected chi connectivity index (χ0v) is 14.5. The second-order valence-corrected chi connectivity index (χ2v) is 5.85. The molecule has 1 N–H and O–H groups in total. The van der Waals surface area contributed by atoms with E-state index in [1.54, 1.807) is 24.3 Å². The number of carboxylic acids is 1. The molecule has 2 aromatic carbocycles. The van der Waals surface area contributed by atoms with Gasteiger partial charge in [-0.2, -0.15) is 10.2 Å². The highest BCUT2D eigenvalue weighted by atomic mass is 16.5. The number of unbranched alkanes of at least 4 members (excludes halogenated alkanes) is 3. The summed E-state index contributed by atoms with van der Waals surface area (Å²) in [5.74, 6) is -0.508. The SMILES string of the molecule is CCCCCCc1ccc(N=Nc2ccc(OCC(=O)O)cc2)cc1. The summed E-state index contributed by atoms with van der Waals surface area (Å²) in [4.78, 5) is 10.5. The van der Waals surface area contributed by atoms with Crippen LogP contribution >= 0.6 is 0 Å². The number of benzene rings is 2. The lowest BCUT2D eigenvalue weighted by Crippen LogP contribution is -2.09. The van der Waals surface area contributed by atoms with E-state index in [0.717, 1.165) is 12.1 Å². The van der Waals surface area contributed by atoms with Gasteiger partial charge in [0.25, 0.3) is 0 Å². The van der Waals surface area contributed by atoms with E-state index in [-0.39, 0.29) is 6.61 Å². The molecule has 5 nitrogen and oxygen atoms in total. The maximum Gasteiger partial charge on any atom is 0.341 e. The van der Waals surface area contributed by atoms with Crippen molar-refractivity contribution in [3.63, 3.8) is 0 Å². The fourth-order valence-corrected chi connectivity index (χ4v) is 2.35. The molecule has 0 atom stereocenters. The molecule has 0 aromatic heterocycles. The lowest BCUT2D eigenvalue weighted by Gasteiger charge is -2.02. The van der Waals surface area contributed by atoms with E-state index in [9.17, 15) is 4.79 Å². The van der Waals surface area contributed by atoms with Crippen LogP contribution in [0.15, 0.2) is 58.8 Å². The number of aliphatic carboxylic acids is 1. The van der Waals surface area contributed by atoms with Gasteiger partial charge in [-0.1, -0.05) is 38.3 Å². The van der Waals surface area contributed by atoms with Crippen molar-refractivity contribution < 1.29 is 14.6 Å². The molecule has 2 rings (SSSR count). The van der Waals surface area contributed by atoms with Gasteiger partial charge in [-0.3, -0.25) is 0 Å². The van der Waals surface area contributed by atoms with Gasteiger partial charge in [0, 0.05) is 0 Å². The van der Waals surface area contributed by atoms with Gasteiger partial charge in [0.15, 0.2) is 6.61 Å². The summed E-state index contributed by atoms with van der Waals surface area (Å²) >= 11 is 0. The Morgan fingerprint density at radius 2 is 1.52 bits per heavy atom. The first kappa shape index (κ1) is 18.6. The standard InChI is InChI=1S/C20H24N2O3/c1-2-3-4-5-6-16-7-9-17(10-8-16)21-22-18-11-13-19(14-12-18)25-15-20(23)24/h7-14H,2-6,15H2,1H3,(H,23,24). The summed E-state index contributed by atoms with van der Waals surface area (Å²) in [6, 6.07) is 15.0. The Bertz CT molecular complexity index is 679. The molecule has 0 heterocycles. The number of carboxylic acid groups (broad SMARTS) is 1. The normalized spacial score (nSPS) is 10.9. The molecule has 0 saturated carbocycles. The van der Waals surface area contributed by atoms with Crippen molar-refractivity contribution in [1.29, 1.82) is 0 Å². The van der Waals surface area contributed by atoms with E-state index in [1.165, 1.54) is 31.2 Å². The smallest absolute Gasteiger partial charge is 0.341 e. The lowest BCUT2D eigenvalue weighted by molar-refractivity contribution is -0.139. The van der Waals surface area contributed by atoms with Crippen LogP contribution in [0.25, 0.3) is 0 Å². The summed E-state index contributed by atoms with van der Waals surface area (Å²) in [7, 11) is 0. The van der Waals surface area contributed by atoms with Crippen LogP contribution in [0, 0.1) is 0 Å². The van der Waals surface area contributed by atoms with Gasteiger partial charge in [0.05, 0.1) is 11.4 Å². The first-order chi connectivity index (χ1) is 12.2. The minimum absolute atomic E-state index is 0.355. The van der Waals surface area contributed by atoms with Crippen LogP contribution in [0.4, 0.5) is 11.4 Å². The van der Waals surface area contributed by atoms with Crippen molar-refractivity contribution in [1.82, 2.24) is 0 Å². The van der Waals surface area contributed by atoms with E-state index in [0.29, 0.717) is 11.4 Å². The molecule has 5 heteroatoms. The maximum absolute atomic E-state index is 10.5. The van der Waals surface area contributed by atoms with Crippen molar-refractivity contribution in [2.75, 3.05) is 6.61 Å². The van der Waals surface area contributed by atoms with E-state index in [1.807, 2.05) is 12.1 Å². The second-order valence-electron chi connectivity index (χ2n) is 5.85. The van der Waals surface area contributed by atoms with E-state index < -0.39 is 5.97 Å². The Morgan fingerprint density at radius 1 is 0.920 bits per heavy atom. The molecular formula is C20H24N2O3. The van der Waals surface area contributed by atoms with Gasteiger partial charge in [-0.15, -0.1) is 0 Å². The second kappa shape index (κ2) is 10.2. The molecule has 0 aliphatic heterocycles. The molecule has 0 saturated heterocycles. The van der Waals surface area contributed by atoms with Gasteiger partial charge >= 0.3 is 5.97 Å². The number of hydrogen-bond acceptors (Lipinski definition) is 4. The molecule has 132 valence electrons. The van der Waals surface area contributed by atoms with E-state index in [4.69, 9.17) is 9.84 Å². The molecule has 0 unspecified atom stereocenters. The van der Waals surface area contributed by atoms with Crippen LogP contribution in [0.5, 0.6) is 5.75 Å². The summed E-state index contributed by atoms with van der Waals surface area (Å²) in [5.41, 5.74) is 2.82. The molecule has 0 aliphatic carbocycles. The third kappa shape index (κ3) is 7.16. The largest absolute Gasteiger partial charge is 0.482 e. The van der Waals surface area contributed by atoms with Crippen molar-refractivity contribution in [2.45, 2.75) is 39.0 Å². The Hall–Kier alpha value is -2.69. The number of hydrogen-bond donors (Lipinski definition) is 1. The van der Waals surface area contributed by atoms with Crippen LogP contribution in [-0.2, 0) is 11.2 Å². The fraction of sp³-hybridized carbons (Fsp3) is 0.350. The lowest BCUT2D eigenvalue weighted by atomic mass is 10.1. The predicted molar refractivity (Wildman–Crippen MR) is 98.0 cm³/mol. The molecular weight excluding hydrogens is 316 g/mol. The van der Waals surface area contributed by atoms with Crippen molar-refractivity contribution in [3.05, 3.63) is 54.1 Å². The maximum atomic E-state index is 10.5. The summed E-state index contributed by atoms with van der Waals surface area (Å²) in [5, 5.41) is 17.0. The van der Waals surface area contributed by atoms with Crippen LogP contribution in [-0.4, -0.2) is 17.7 Å². The Kier molecular flexibility index (Phi) is 7.63. The van der Waals surface area contributed by atoms with Crippen molar-refractivity contribution >= 4 is 17.3 Å². The molecule has 0 radical (unpaired) electrons. The van der Waals surface area contributed by atoms with Crippen LogP contribution in [0.1, 0.15) is 38.2 Å². The topological polar surface area (TPSA) is 71.2 Å². The zero-order valence-electron chi connectivity index (χ0n) is 14.5. The first-order valence-corrected chi connectivity index (χ1v) is 8.62. The number of carbonyl (C=O) groups is 1. The van der Waals surface area contributed by atoms with E-state index >= 15 is 0 Å². The van der Waals surface area contributed by atoms with Gasteiger partial charge in [-0.05, 0) is 54.8 Å². The molecule has 0 bridgehead atoms. The molecule has 0 aliphatic rings. The number of rotatable bonds is 10. The van der Waals surface area contributed by atoms with Gasteiger partial charge in [0.1, 0.15) is 5.75 Å². The Morgan fingerprint density at radius 3 is 2.08 bits per heavy atom. The zero-order chi connectivity index (χ0) is 17.9. The molecule has 0 amide bonds. The number of ether oxygens (including phenoxy) is 1. The summed E-state index contributed by atoms with van der Waals surface area (Å²) in [6.45, 7) is 1.86. The van der Waals surface area contributed by atoms with Gasteiger partial charge in [0.2, 0.25) is 0 Å². The third-order valence-corrected chi connectivity index (χ3v) is 3.74. The predicted octanol–water partition coefficient (Wildman–Crippen LogP) is 5.69. The van der Waals surface area contributed by atoms with Gasteiger partial charge in [-0.25, -0.2) is 4.79 Å². The summed E-state index contributed by atoms with van der Waals surface area (Å²) in [6.07, 6.45) is 6.17. The first-order valence-electron chi connectivity index (χ1n) is 8.62. The Labute approximate surface area is 148 Å². The van der Waals surface area contributed by atoms with Crippen molar-refractivity contribution in [3.8, 4) is 5.75 Å². The number of aryl methyl sites for hydroxylation is 1. The summed E-state index contributed by atoms with van der Waals surface area (Å²) < 4.78 is 5.07. The Balaban J connectivity index is 1.85.